The molecule has 77 valence electrons. The molecule has 1 heteroatoms. The van der Waals surface area contributed by atoms with Crippen molar-refractivity contribution in [1.29, 1.82) is 0 Å². The summed E-state index contributed by atoms with van der Waals surface area (Å²) in [5.41, 5.74) is 3.77. The molecule has 0 atom stereocenters. The third kappa shape index (κ3) is 1.72. The highest BCUT2D eigenvalue weighted by atomic mass is 14.7. The van der Waals surface area contributed by atoms with E-state index in [1.54, 1.807) is 0 Å². The Labute approximate surface area is 94.7 Å². The Morgan fingerprint density at radius 1 is 1.06 bits per heavy atom. The van der Waals surface area contributed by atoms with Gasteiger partial charge in [0, 0.05) is 23.0 Å². The molecule has 1 radical (unpaired) electrons. The van der Waals surface area contributed by atoms with Crippen molar-refractivity contribution in [3.63, 3.8) is 0 Å². The molecule has 0 saturated carbocycles. The summed E-state index contributed by atoms with van der Waals surface area (Å²) in [7, 11) is 0. The minimum Gasteiger partial charge on any atom is -0.358 e. The van der Waals surface area contributed by atoms with Crippen LogP contribution in [0.3, 0.4) is 0 Å². The van der Waals surface area contributed by atoms with Crippen LogP contribution < -0.4 is 0 Å². The first kappa shape index (κ1) is 9.22. The Morgan fingerprint density at radius 2 is 1.94 bits per heavy atom. The third-order valence-electron chi connectivity index (χ3n) is 2.76. The SMILES string of the molecule is [c]1ccc2[nH]c(Cc3ccccc3)cc2c1. The first-order valence-corrected chi connectivity index (χ1v) is 5.43. The van der Waals surface area contributed by atoms with E-state index in [1.807, 2.05) is 18.2 Å². The molecule has 1 heterocycles. The van der Waals surface area contributed by atoms with Gasteiger partial charge in [0.1, 0.15) is 0 Å². The molecule has 2 aromatic carbocycles. The molecule has 0 amide bonds. The lowest BCUT2D eigenvalue weighted by molar-refractivity contribution is 1.12. The van der Waals surface area contributed by atoms with Gasteiger partial charge in [0.25, 0.3) is 0 Å². The van der Waals surface area contributed by atoms with Gasteiger partial charge in [-0.3, -0.25) is 0 Å². The van der Waals surface area contributed by atoms with Gasteiger partial charge in [-0.25, -0.2) is 0 Å². The summed E-state index contributed by atoms with van der Waals surface area (Å²) in [6, 6.07) is 21.8. The molecule has 0 spiro atoms. The van der Waals surface area contributed by atoms with Crippen molar-refractivity contribution in [3.05, 3.63) is 71.9 Å². The van der Waals surface area contributed by atoms with Crippen LogP contribution in [0.4, 0.5) is 0 Å². The highest BCUT2D eigenvalue weighted by Crippen LogP contribution is 2.16. The van der Waals surface area contributed by atoms with E-state index in [2.05, 4.69) is 47.4 Å². The number of aromatic nitrogens is 1. The average Bonchev–Trinajstić information content (AvgIpc) is 2.72. The molecular formula is C15H12N. The lowest BCUT2D eigenvalue weighted by atomic mass is 10.1. The van der Waals surface area contributed by atoms with Crippen LogP contribution in [-0.4, -0.2) is 4.98 Å². The minimum atomic E-state index is 0.954. The molecule has 3 aromatic rings. The van der Waals surface area contributed by atoms with E-state index in [0.717, 1.165) is 6.42 Å². The van der Waals surface area contributed by atoms with Crippen LogP contribution >= 0.6 is 0 Å². The monoisotopic (exact) mass is 206 g/mol. The van der Waals surface area contributed by atoms with Gasteiger partial charge in [0.05, 0.1) is 0 Å². The molecule has 1 N–H and O–H groups in total. The van der Waals surface area contributed by atoms with E-state index in [0.29, 0.717) is 0 Å². The zero-order valence-electron chi connectivity index (χ0n) is 8.90. The fourth-order valence-electron chi connectivity index (χ4n) is 1.98. The van der Waals surface area contributed by atoms with E-state index >= 15 is 0 Å². The average molecular weight is 206 g/mol. The standard InChI is InChI=1S/C15H12N/c1-2-6-12(7-3-1)10-14-11-13-8-4-5-9-15(13)16-14/h1-3,5-9,11,16H,10H2. The Bertz CT molecular complexity index is 560. The van der Waals surface area contributed by atoms with Crippen LogP contribution in [0.1, 0.15) is 11.3 Å². The quantitative estimate of drug-likeness (QED) is 0.660. The van der Waals surface area contributed by atoms with Crippen LogP contribution in [-0.2, 0) is 6.42 Å². The number of fused-ring (bicyclic) bond motifs is 1. The maximum absolute atomic E-state index is 3.42. The first-order chi connectivity index (χ1) is 7.92. The van der Waals surface area contributed by atoms with E-state index in [4.69, 9.17) is 0 Å². The molecule has 16 heavy (non-hydrogen) atoms. The fourth-order valence-corrected chi connectivity index (χ4v) is 1.98. The van der Waals surface area contributed by atoms with Gasteiger partial charge < -0.3 is 4.98 Å². The van der Waals surface area contributed by atoms with Crippen LogP contribution in [0, 0.1) is 6.07 Å². The molecule has 0 bridgehead atoms. The third-order valence-corrected chi connectivity index (χ3v) is 2.76. The van der Waals surface area contributed by atoms with Crippen molar-refractivity contribution in [2.75, 3.05) is 0 Å². The molecule has 0 fully saturated rings. The Kier molecular flexibility index (Phi) is 2.22. The zero-order valence-corrected chi connectivity index (χ0v) is 8.90. The van der Waals surface area contributed by atoms with E-state index in [-0.39, 0.29) is 0 Å². The highest BCUT2D eigenvalue weighted by Gasteiger charge is 2.00. The van der Waals surface area contributed by atoms with Crippen LogP contribution in [0.15, 0.2) is 54.6 Å². The molecule has 3 rings (SSSR count). The van der Waals surface area contributed by atoms with Gasteiger partial charge in [-0.05, 0) is 29.8 Å². The maximum atomic E-state index is 3.42. The van der Waals surface area contributed by atoms with Crippen LogP contribution in [0.25, 0.3) is 10.9 Å². The summed E-state index contributed by atoms with van der Waals surface area (Å²) >= 11 is 0. The molecule has 1 nitrogen and oxygen atoms in total. The maximum Gasteiger partial charge on any atom is 0.0456 e. The van der Waals surface area contributed by atoms with Gasteiger partial charge >= 0.3 is 0 Å². The van der Waals surface area contributed by atoms with Gasteiger partial charge in [0.15, 0.2) is 0 Å². The number of hydrogen-bond donors (Lipinski definition) is 1. The summed E-state index contributed by atoms with van der Waals surface area (Å²) < 4.78 is 0. The normalized spacial score (nSPS) is 10.8. The van der Waals surface area contributed by atoms with Crippen LogP contribution in [0.2, 0.25) is 0 Å². The first-order valence-electron chi connectivity index (χ1n) is 5.43. The summed E-state index contributed by atoms with van der Waals surface area (Å²) in [5.74, 6) is 0. The summed E-state index contributed by atoms with van der Waals surface area (Å²) in [4.78, 5) is 3.42. The second-order valence-corrected chi connectivity index (χ2v) is 3.97. The zero-order chi connectivity index (χ0) is 10.8. The van der Waals surface area contributed by atoms with Gasteiger partial charge in [0.2, 0.25) is 0 Å². The van der Waals surface area contributed by atoms with Crippen LogP contribution in [0.5, 0.6) is 0 Å². The number of H-pyrrole nitrogens is 1. The summed E-state index contributed by atoms with van der Waals surface area (Å²) in [5, 5.41) is 1.23. The van der Waals surface area contributed by atoms with Crippen molar-refractivity contribution in [2.24, 2.45) is 0 Å². The highest BCUT2D eigenvalue weighted by molar-refractivity contribution is 5.80. The fraction of sp³-hybridized carbons (Fsp3) is 0.0667. The van der Waals surface area contributed by atoms with E-state index in [1.165, 1.54) is 22.2 Å². The van der Waals surface area contributed by atoms with Crippen molar-refractivity contribution >= 4 is 10.9 Å². The van der Waals surface area contributed by atoms with E-state index < -0.39 is 0 Å². The molecule has 0 aliphatic heterocycles. The largest absolute Gasteiger partial charge is 0.358 e. The Balaban J connectivity index is 1.95. The van der Waals surface area contributed by atoms with Crippen molar-refractivity contribution < 1.29 is 0 Å². The molecular weight excluding hydrogens is 194 g/mol. The Morgan fingerprint density at radius 3 is 2.75 bits per heavy atom. The van der Waals surface area contributed by atoms with Crippen molar-refractivity contribution in [1.82, 2.24) is 4.98 Å². The lowest BCUT2D eigenvalue weighted by Gasteiger charge is -1.97. The smallest absolute Gasteiger partial charge is 0.0456 e. The van der Waals surface area contributed by atoms with Crippen molar-refractivity contribution in [2.45, 2.75) is 6.42 Å². The summed E-state index contributed by atoms with van der Waals surface area (Å²) in [6.45, 7) is 0. The minimum absolute atomic E-state index is 0.954. The lowest BCUT2D eigenvalue weighted by Crippen LogP contribution is -1.86. The molecule has 1 aromatic heterocycles. The van der Waals surface area contributed by atoms with Gasteiger partial charge in [-0.2, -0.15) is 0 Å². The number of rotatable bonds is 2. The number of benzene rings is 2. The topological polar surface area (TPSA) is 15.8 Å². The molecule has 0 aliphatic carbocycles. The molecule has 0 unspecified atom stereocenters. The number of hydrogen-bond acceptors (Lipinski definition) is 0. The molecule has 0 saturated heterocycles. The van der Waals surface area contributed by atoms with Gasteiger partial charge in [-0.15, -0.1) is 0 Å². The number of nitrogens with one attached hydrogen (secondary N) is 1. The predicted octanol–water partition coefficient (Wildman–Crippen LogP) is 3.56. The second kappa shape index (κ2) is 3.86. The number of aromatic amines is 1. The van der Waals surface area contributed by atoms with E-state index in [9.17, 15) is 0 Å². The van der Waals surface area contributed by atoms with Gasteiger partial charge in [-0.1, -0.05) is 36.4 Å². The molecule has 0 aliphatic rings. The van der Waals surface area contributed by atoms with Crippen molar-refractivity contribution in [3.8, 4) is 0 Å². The second-order valence-electron chi connectivity index (χ2n) is 3.97. The summed E-state index contributed by atoms with van der Waals surface area (Å²) in [6.07, 6.45) is 0.954. The Hall–Kier alpha value is -2.02. The predicted molar refractivity (Wildman–Crippen MR) is 66.4 cm³/mol.